The fourth-order valence-electron chi connectivity index (χ4n) is 2.36. The van der Waals surface area contributed by atoms with Crippen LogP contribution in [0.1, 0.15) is 25.5 Å². The van der Waals surface area contributed by atoms with Gasteiger partial charge in [0.1, 0.15) is 11.5 Å². The van der Waals surface area contributed by atoms with Crippen LogP contribution >= 0.6 is 11.8 Å². The molecule has 0 radical (unpaired) electrons. The van der Waals surface area contributed by atoms with Crippen molar-refractivity contribution in [3.8, 4) is 17.1 Å². The highest BCUT2D eigenvalue weighted by Crippen LogP contribution is 2.27. The van der Waals surface area contributed by atoms with Crippen LogP contribution in [0.25, 0.3) is 11.4 Å². The van der Waals surface area contributed by atoms with Crippen LogP contribution in [0.5, 0.6) is 5.75 Å². The lowest BCUT2D eigenvalue weighted by atomic mass is 10.2. The molecule has 0 aliphatic rings. The predicted octanol–water partition coefficient (Wildman–Crippen LogP) is 4.49. The minimum Gasteiger partial charge on any atom is -0.497 e. The van der Waals surface area contributed by atoms with Crippen molar-refractivity contribution in [1.29, 1.82) is 0 Å². The molecule has 2 aromatic heterocycles. The van der Waals surface area contributed by atoms with Gasteiger partial charge in [-0.05, 0) is 42.8 Å². The van der Waals surface area contributed by atoms with Gasteiger partial charge in [-0.25, -0.2) is 0 Å². The van der Waals surface area contributed by atoms with Gasteiger partial charge in [-0.15, -0.1) is 10.2 Å². The summed E-state index contributed by atoms with van der Waals surface area (Å²) >= 11 is 1.74. The normalized spacial score (nSPS) is 10.9. The Labute approximate surface area is 146 Å². The summed E-state index contributed by atoms with van der Waals surface area (Å²) in [5, 5.41) is 9.72. The van der Waals surface area contributed by atoms with Gasteiger partial charge in [-0.3, -0.25) is 4.57 Å². The molecule has 0 bridgehead atoms. The third kappa shape index (κ3) is 3.82. The molecule has 0 fully saturated rings. The number of hydrogen-bond acceptors (Lipinski definition) is 5. The Morgan fingerprint density at radius 2 is 2.00 bits per heavy atom. The number of ether oxygens (including phenoxy) is 1. The van der Waals surface area contributed by atoms with Crippen LogP contribution in [0.15, 0.2) is 52.2 Å². The third-order valence-electron chi connectivity index (χ3n) is 3.69. The van der Waals surface area contributed by atoms with Crippen molar-refractivity contribution < 1.29 is 9.15 Å². The van der Waals surface area contributed by atoms with E-state index in [-0.39, 0.29) is 0 Å². The minimum absolute atomic E-state index is 0.621. The van der Waals surface area contributed by atoms with Crippen LogP contribution in [0.2, 0.25) is 0 Å². The van der Waals surface area contributed by atoms with Crippen molar-refractivity contribution >= 4 is 11.8 Å². The lowest BCUT2D eigenvalue weighted by Crippen LogP contribution is -2.03. The Kier molecular flexibility index (Phi) is 5.59. The number of rotatable bonds is 8. The molecule has 0 amide bonds. The van der Waals surface area contributed by atoms with Crippen molar-refractivity contribution in [2.24, 2.45) is 0 Å². The number of unbranched alkanes of at least 4 members (excludes halogenated alkanes) is 1. The minimum atomic E-state index is 0.621. The van der Waals surface area contributed by atoms with Crippen LogP contribution in [0, 0.1) is 0 Å². The predicted molar refractivity (Wildman–Crippen MR) is 95.5 cm³/mol. The van der Waals surface area contributed by atoms with E-state index in [2.05, 4.69) is 21.7 Å². The summed E-state index contributed by atoms with van der Waals surface area (Å²) in [7, 11) is 1.66. The molecule has 24 heavy (non-hydrogen) atoms. The highest BCUT2D eigenvalue weighted by molar-refractivity contribution is 7.99. The first-order chi connectivity index (χ1) is 11.8. The Balaban J connectivity index is 1.91. The SMILES string of the molecule is CCCCSc1nnc(-c2ccc(OC)cc2)n1Cc1ccco1. The van der Waals surface area contributed by atoms with E-state index in [1.807, 2.05) is 36.4 Å². The monoisotopic (exact) mass is 343 g/mol. The highest BCUT2D eigenvalue weighted by atomic mass is 32.2. The molecule has 3 aromatic rings. The van der Waals surface area contributed by atoms with Crippen molar-refractivity contribution in [3.05, 3.63) is 48.4 Å². The van der Waals surface area contributed by atoms with E-state index < -0.39 is 0 Å². The Hall–Kier alpha value is -2.21. The van der Waals surface area contributed by atoms with E-state index in [0.717, 1.165) is 40.2 Å². The smallest absolute Gasteiger partial charge is 0.191 e. The van der Waals surface area contributed by atoms with Crippen molar-refractivity contribution in [3.63, 3.8) is 0 Å². The third-order valence-corrected chi connectivity index (χ3v) is 4.74. The Morgan fingerprint density at radius 1 is 1.17 bits per heavy atom. The van der Waals surface area contributed by atoms with Crippen molar-refractivity contribution in [2.45, 2.75) is 31.5 Å². The zero-order chi connectivity index (χ0) is 16.8. The molecular weight excluding hydrogens is 322 g/mol. The topological polar surface area (TPSA) is 53.1 Å². The number of furan rings is 1. The lowest BCUT2D eigenvalue weighted by molar-refractivity contribution is 0.415. The maximum Gasteiger partial charge on any atom is 0.191 e. The Bertz CT molecular complexity index is 751. The van der Waals surface area contributed by atoms with E-state index in [4.69, 9.17) is 9.15 Å². The molecule has 2 heterocycles. The molecule has 0 spiro atoms. The quantitative estimate of drug-likeness (QED) is 0.446. The van der Waals surface area contributed by atoms with Gasteiger partial charge in [0.2, 0.25) is 0 Å². The van der Waals surface area contributed by atoms with Gasteiger partial charge in [0.05, 0.1) is 19.9 Å². The fourth-order valence-corrected chi connectivity index (χ4v) is 3.38. The number of thioether (sulfide) groups is 1. The maximum atomic E-state index is 5.51. The second-order valence-corrected chi connectivity index (χ2v) is 6.46. The first-order valence-corrected chi connectivity index (χ1v) is 9.03. The summed E-state index contributed by atoms with van der Waals surface area (Å²) in [5.74, 6) is 3.60. The molecule has 0 atom stereocenters. The largest absolute Gasteiger partial charge is 0.497 e. The van der Waals surface area contributed by atoms with Gasteiger partial charge >= 0.3 is 0 Å². The second-order valence-electron chi connectivity index (χ2n) is 5.40. The van der Waals surface area contributed by atoms with Gasteiger partial charge < -0.3 is 9.15 Å². The van der Waals surface area contributed by atoms with E-state index in [0.29, 0.717) is 6.54 Å². The molecule has 126 valence electrons. The van der Waals surface area contributed by atoms with Crippen LogP contribution < -0.4 is 4.74 Å². The molecule has 3 rings (SSSR count). The summed E-state index contributed by atoms with van der Waals surface area (Å²) in [6.07, 6.45) is 4.03. The molecule has 0 saturated carbocycles. The van der Waals surface area contributed by atoms with Crippen LogP contribution in [-0.2, 0) is 6.54 Å². The van der Waals surface area contributed by atoms with Crippen LogP contribution in [0.3, 0.4) is 0 Å². The molecule has 6 heteroatoms. The highest BCUT2D eigenvalue weighted by Gasteiger charge is 2.15. The van der Waals surface area contributed by atoms with Gasteiger partial charge in [-0.1, -0.05) is 25.1 Å². The fraction of sp³-hybridized carbons (Fsp3) is 0.333. The number of methoxy groups -OCH3 is 1. The van der Waals surface area contributed by atoms with E-state index in [1.165, 1.54) is 6.42 Å². The molecular formula is C18H21N3O2S. The summed E-state index contributed by atoms with van der Waals surface area (Å²) in [4.78, 5) is 0. The van der Waals surface area contributed by atoms with Crippen LogP contribution in [-0.4, -0.2) is 27.6 Å². The van der Waals surface area contributed by atoms with Crippen molar-refractivity contribution in [1.82, 2.24) is 14.8 Å². The summed E-state index contributed by atoms with van der Waals surface area (Å²) < 4.78 is 12.9. The Morgan fingerprint density at radius 3 is 2.67 bits per heavy atom. The number of aromatic nitrogens is 3. The van der Waals surface area contributed by atoms with Gasteiger partial charge in [-0.2, -0.15) is 0 Å². The standard InChI is InChI=1S/C18H21N3O2S/c1-3-4-12-24-18-20-19-17(14-7-9-15(22-2)10-8-14)21(18)13-16-6-5-11-23-16/h5-11H,3-4,12-13H2,1-2H3. The molecule has 0 unspecified atom stereocenters. The van der Waals surface area contributed by atoms with E-state index in [1.54, 1.807) is 25.1 Å². The van der Waals surface area contributed by atoms with E-state index >= 15 is 0 Å². The average Bonchev–Trinajstić information content (AvgIpc) is 3.26. The zero-order valence-electron chi connectivity index (χ0n) is 13.9. The van der Waals surface area contributed by atoms with E-state index in [9.17, 15) is 0 Å². The molecule has 0 saturated heterocycles. The number of nitrogens with zero attached hydrogens (tertiary/aromatic N) is 3. The van der Waals surface area contributed by atoms with Crippen LogP contribution in [0.4, 0.5) is 0 Å². The van der Waals surface area contributed by atoms with Gasteiger partial charge in [0, 0.05) is 11.3 Å². The second kappa shape index (κ2) is 8.06. The summed E-state index contributed by atoms with van der Waals surface area (Å²) in [6, 6.07) is 11.7. The maximum absolute atomic E-state index is 5.51. The molecule has 0 N–H and O–H groups in total. The van der Waals surface area contributed by atoms with Gasteiger partial charge in [0.15, 0.2) is 11.0 Å². The van der Waals surface area contributed by atoms with Crippen molar-refractivity contribution in [2.75, 3.05) is 12.9 Å². The molecule has 5 nitrogen and oxygen atoms in total. The van der Waals surface area contributed by atoms with Gasteiger partial charge in [0.25, 0.3) is 0 Å². The average molecular weight is 343 g/mol. The first-order valence-electron chi connectivity index (χ1n) is 8.04. The first kappa shape index (κ1) is 16.6. The number of hydrogen-bond donors (Lipinski definition) is 0. The summed E-state index contributed by atoms with van der Waals surface area (Å²) in [5.41, 5.74) is 1.01. The zero-order valence-corrected chi connectivity index (χ0v) is 14.8. The molecule has 0 aliphatic heterocycles. The molecule has 1 aromatic carbocycles. The molecule has 0 aliphatic carbocycles. The summed E-state index contributed by atoms with van der Waals surface area (Å²) in [6.45, 7) is 2.81. The lowest BCUT2D eigenvalue weighted by Gasteiger charge is -2.09. The number of benzene rings is 1.